The van der Waals surface area contributed by atoms with E-state index in [9.17, 15) is 9.18 Å². The molecule has 0 saturated carbocycles. The molecular weight excluding hydrogens is 373 g/mol. The van der Waals surface area contributed by atoms with Crippen molar-refractivity contribution in [3.05, 3.63) is 76.5 Å². The van der Waals surface area contributed by atoms with E-state index in [2.05, 4.69) is 31.4 Å². The topological polar surface area (TPSA) is 54.9 Å². The third-order valence-corrected chi connectivity index (χ3v) is 3.83. The van der Waals surface area contributed by atoms with Gasteiger partial charge in [-0.3, -0.25) is 4.79 Å². The Hall–Kier alpha value is -2.60. The van der Waals surface area contributed by atoms with Gasteiger partial charge in [0.2, 0.25) is 5.91 Å². The van der Waals surface area contributed by atoms with Gasteiger partial charge in [-0.05, 0) is 42.0 Å². The van der Waals surface area contributed by atoms with Crippen LogP contribution < -0.4 is 5.32 Å². The fraction of sp³-hybridized carbons (Fsp3) is 0.0556. The van der Waals surface area contributed by atoms with Crippen molar-refractivity contribution in [2.24, 2.45) is 0 Å². The maximum absolute atomic E-state index is 13.7. The second-order valence-corrected chi connectivity index (χ2v) is 6.05. The molecule has 0 unspecified atom stereocenters. The summed E-state index contributed by atoms with van der Waals surface area (Å²) in [7, 11) is 0. The van der Waals surface area contributed by atoms with Crippen LogP contribution in [0.1, 0.15) is 5.56 Å². The van der Waals surface area contributed by atoms with E-state index in [1.54, 1.807) is 30.3 Å². The molecule has 2 aromatic carbocycles. The third-order valence-electron chi connectivity index (χ3n) is 3.34. The van der Waals surface area contributed by atoms with Gasteiger partial charge < -0.3 is 5.32 Å². The number of aromatic nitrogens is 2. The van der Waals surface area contributed by atoms with E-state index < -0.39 is 0 Å². The normalized spacial score (nSPS) is 10.4. The van der Waals surface area contributed by atoms with Crippen molar-refractivity contribution in [2.75, 3.05) is 5.32 Å². The predicted octanol–water partition coefficient (Wildman–Crippen LogP) is 4.23. The van der Waals surface area contributed by atoms with Gasteiger partial charge in [0.15, 0.2) is 5.82 Å². The zero-order valence-electron chi connectivity index (χ0n) is 12.5. The van der Waals surface area contributed by atoms with Crippen LogP contribution >= 0.6 is 15.9 Å². The molecule has 0 fully saturated rings. The SMILES string of the molecule is O=C(Cc1cccc(Br)c1)Nc1ccc(-c2ccccc2F)nn1. The number of hydrogen-bond acceptors (Lipinski definition) is 3. The molecule has 0 atom stereocenters. The smallest absolute Gasteiger partial charge is 0.229 e. The number of carbonyl (C=O) groups excluding carboxylic acids is 1. The van der Waals surface area contributed by atoms with Crippen LogP contribution in [0.5, 0.6) is 0 Å². The van der Waals surface area contributed by atoms with Gasteiger partial charge in [-0.1, -0.05) is 40.2 Å². The van der Waals surface area contributed by atoms with Crippen molar-refractivity contribution in [2.45, 2.75) is 6.42 Å². The summed E-state index contributed by atoms with van der Waals surface area (Å²) in [6.07, 6.45) is 0.232. The maximum Gasteiger partial charge on any atom is 0.229 e. The van der Waals surface area contributed by atoms with E-state index in [1.165, 1.54) is 6.07 Å². The first-order valence-corrected chi connectivity index (χ1v) is 8.04. The molecule has 120 valence electrons. The highest BCUT2D eigenvalue weighted by Gasteiger charge is 2.08. The molecule has 1 heterocycles. The monoisotopic (exact) mass is 385 g/mol. The molecule has 24 heavy (non-hydrogen) atoms. The lowest BCUT2D eigenvalue weighted by atomic mass is 10.1. The number of carbonyl (C=O) groups is 1. The lowest BCUT2D eigenvalue weighted by Gasteiger charge is -2.06. The van der Waals surface area contributed by atoms with Gasteiger partial charge in [-0.25, -0.2) is 4.39 Å². The number of benzene rings is 2. The standard InChI is InChI=1S/C18H13BrFN3O/c19-13-5-3-4-12(10-13)11-18(24)21-17-9-8-16(22-23-17)14-6-1-2-7-15(14)20/h1-10H,11H2,(H,21,23,24). The molecule has 6 heteroatoms. The van der Waals surface area contributed by atoms with Gasteiger partial charge in [-0.15, -0.1) is 10.2 Å². The Kier molecular flexibility index (Phi) is 4.96. The van der Waals surface area contributed by atoms with Crippen molar-refractivity contribution in [3.63, 3.8) is 0 Å². The number of rotatable bonds is 4. The summed E-state index contributed by atoms with van der Waals surface area (Å²) in [5.74, 6) is -0.227. The van der Waals surface area contributed by atoms with Crippen LogP contribution in [0.3, 0.4) is 0 Å². The average Bonchev–Trinajstić information content (AvgIpc) is 2.56. The number of amides is 1. The molecule has 0 bridgehead atoms. The Labute approximate surface area is 146 Å². The minimum atomic E-state index is -0.363. The Morgan fingerprint density at radius 1 is 1.04 bits per heavy atom. The van der Waals surface area contributed by atoms with Crippen LogP contribution in [0.15, 0.2) is 65.1 Å². The van der Waals surface area contributed by atoms with Crippen molar-refractivity contribution >= 4 is 27.7 Å². The lowest BCUT2D eigenvalue weighted by Crippen LogP contribution is -2.15. The van der Waals surface area contributed by atoms with Crippen LogP contribution in [0.4, 0.5) is 10.2 Å². The number of hydrogen-bond donors (Lipinski definition) is 1. The first-order chi connectivity index (χ1) is 11.6. The summed E-state index contributed by atoms with van der Waals surface area (Å²) in [4.78, 5) is 12.0. The number of anilines is 1. The molecule has 0 saturated heterocycles. The summed E-state index contributed by atoms with van der Waals surface area (Å²) in [6, 6.07) is 17.1. The van der Waals surface area contributed by atoms with E-state index in [1.807, 2.05) is 24.3 Å². The Morgan fingerprint density at radius 2 is 1.88 bits per heavy atom. The van der Waals surface area contributed by atoms with E-state index >= 15 is 0 Å². The van der Waals surface area contributed by atoms with Gasteiger partial charge in [0.1, 0.15) is 5.82 Å². The highest BCUT2D eigenvalue weighted by Crippen LogP contribution is 2.20. The number of halogens is 2. The summed E-state index contributed by atoms with van der Waals surface area (Å²) in [6.45, 7) is 0. The zero-order chi connectivity index (χ0) is 16.9. The third kappa shape index (κ3) is 4.02. The van der Waals surface area contributed by atoms with Crippen LogP contribution in [-0.4, -0.2) is 16.1 Å². The van der Waals surface area contributed by atoms with Gasteiger partial charge in [0.05, 0.1) is 12.1 Å². The van der Waals surface area contributed by atoms with Crippen LogP contribution in [0, 0.1) is 5.82 Å². The summed E-state index contributed by atoms with van der Waals surface area (Å²) >= 11 is 3.37. The van der Waals surface area contributed by atoms with Crippen molar-refractivity contribution in [1.29, 1.82) is 0 Å². The molecule has 1 amide bonds. The number of nitrogens with zero attached hydrogens (tertiary/aromatic N) is 2. The summed E-state index contributed by atoms with van der Waals surface area (Å²) < 4.78 is 14.6. The van der Waals surface area contributed by atoms with E-state index in [-0.39, 0.29) is 18.1 Å². The molecule has 4 nitrogen and oxygen atoms in total. The lowest BCUT2D eigenvalue weighted by molar-refractivity contribution is -0.115. The highest BCUT2D eigenvalue weighted by molar-refractivity contribution is 9.10. The van der Waals surface area contributed by atoms with Gasteiger partial charge in [0, 0.05) is 10.0 Å². The average molecular weight is 386 g/mol. The largest absolute Gasteiger partial charge is 0.309 e. The summed E-state index contributed by atoms with van der Waals surface area (Å²) in [5.41, 5.74) is 1.67. The van der Waals surface area contributed by atoms with Gasteiger partial charge in [0.25, 0.3) is 0 Å². The first-order valence-electron chi connectivity index (χ1n) is 7.25. The molecule has 0 aliphatic rings. The van der Waals surface area contributed by atoms with Crippen molar-refractivity contribution in [1.82, 2.24) is 10.2 Å². The molecule has 0 aliphatic heterocycles. The Balaban J connectivity index is 1.68. The van der Waals surface area contributed by atoms with Gasteiger partial charge >= 0.3 is 0 Å². The van der Waals surface area contributed by atoms with Crippen molar-refractivity contribution < 1.29 is 9.18 Å². The Bertz CT molecular complexity index is 868. The molecule has 3 aromatic rings. The van der Waals surface area contributed by atoms with E-state index in [4.69, 9.17) is 0 Å². The predicted molar refractivity (Wildman–Crippen MR) is 93.9 cm³/mol. The van der Waals surface area contributed by atoms with E-state index in [0.29, 0.717) is 17.1 Å². The minimum absolute atomic E-state index is 0.193. The second kappa shape index (κ2) is 7.31. The number of nitrogens with one attached hydrogen (secondary N) is 1. The molecule has 0 aliphatic carbocycles. The minimum Gasteiger partial charge on any atom is -0.309 e. The first kappa shape index (κ1) is 16.3. The second-order valence-electron chi connectivity index (χ2n) is 5.14. The molecule has 0 radical (unpaired) electrons. The molecule has 1 N–H and O–H groups in total. The van der Waals surface area contributed by atoms with Crippen molar-refractivity contribution in [3.8, 4) is 11.3 Å². The molecule has 1 aromatic heterocycles. The van der Waals surface area contributed by atoms with E-state index in [0.717, 1.165) is 10.0 Å². The fourth-order valence-corrected chi connectivity index (χ4v) is 2.68. The quantitative estimate of drug-likeness (QED) is 0.730. The Morgan fingerprint density at radius 3 is 2.58 bits per heavy atom. The summed E-state index contributed by atoms with van der Waals surface area (Å²) in [5, 5.41) is 10.6. The zero-order valence-corrected chi connectivity index (χ0v) is 14.1. The van der Waals surface area contributed by atoms with Crippen LogP contribution in [0.25, 0.3) is 11.3 Å². The highest BCUT2D eigenvalue weighted by atomic mass is 79.9. The maximum atomic E-state index is 13.7. The van der Waals surface area contributed by atoms with Crippen LogP contribution in [0.2, 0.25) is 0 Å². The van der Waals surface area contributed by atoms with Gasteiger partial charge in [-0.2, -0.15) is 0 Å². The molecular formula is C18H13BrFN3O. The van der Waals surface area contributed by atoms with Crippen LogP contribution in [-0.2, 0) is 11.2 Å². The molecule has 3 rings (SSSR count). The molecule has 0 spiro atoms. The fourth-order valence-electron chi connectivity index (χ4n) is 2.23.